The average Bonchev–Trinajstić information content (AvgIpc) is 3.20. The molecule has 0 unspecified atom stereocenters. The van der Waals surface area contributed by atoms with Crippen molar-refractivity contribution in [2.24, 2.45) is 7.05 Å². The molecule has 4 rings (SSSR count). The van der Waals surface area contributed by atoms with Crippen molar-refractivity contribution in [2.45, 2.75) is 38.4 Å². The van der Waals surface area contributed by atoms with Crippen molar-refractivity contribution >= 4 is 22.9 Å². The quantitative estimate of drug-likeness (QED) is 0.871. The number of hydrogen-bond donors (Lipinski definition) is 0. The minimum absolute atomic E-state index is 0.232. The van der Waals surface area contributed by atoms with Crippen molar-refractivity contribution in [3.05, 3.63) is 34.3 Å². The van der Waals surface area contributed by atoms with E-state index in [1.165, 1.54) is 9.75 Å². The lowest BCUT2D eigenvalue weighted by molar-refractivity contribution is -0.117. The van der Waals surface area contributed by atoms with Gasteiger partial charge < -0.3 is 4.90 Å². The number of fused-ring (bicyclic) bond motifs is 1. The number of carbonyl (C=O) groups is 1. The number of rotatable bonds is 3. The smallest absolute Gasteiger partial charge is 0.229 e. The normalized spacial score (nSPS) is 25.2. The van der Waals surface area contributed by atoms with Gasteiger partial charge in [0, 0.05) is 48.6 Å². The third-order valence-electron chi connectivity index (χ3n) is 4.73. The SMILES string of the molecule is Cc1ccc(CN2CC[C@H]3[C@H]2CC(=O)N3c2cnn(C)c2)s1. The van der Waals surface area contributed by atoms with Gasteiger partial charge in [-0.2, -0.15) is 5.10 Å². The Hall–Kier alpha value is -1.66. The van der Waals surface area contributed by atoms with Crippen LogP contribution in [0.5, 0.6) is 0 Å². The molecule has 116 valence electrons. The molecule has 1 amide bonds. The van der Waals surface area contributed by atoms with E-state index in [9.17, 15) is 4.79 Å². The van der Waals surface area contributed by atoms with Gasteiger partial charge in [0.2, 0.25) is 5.91 Å². The Morgan fingerprint density at radius 2 is 2.23 bits per heavy atom. The lowest BCUT2D eigenvalue weighted by Crippen LogP contribution is -2.36. The summed E-state index contributed by atoms with van der Waals surface area (Å²) in [4.78, 5) is 19.7. The fourth-order valence-electron chi connectivity index (χ4n) is 3.76. The Balaban J connectivity index is 1.54. The van der Waals surface area contributed by atoms with E-state index < -0.39 is 0 Å². The van der Waals surface area contributed by atoms with E-state index in [2.05, 4.69) is 29.1 Å². The summed E-state index contributed by atoms with van der Waals surface area (Å²) < 4.78 is 1.76. The van der Waals surface area contributed by atoms with Crippen LogP contribution in [0.15, 0.2) is 24.5 Å². The first kappa shape index (κ1) is 14.0. The molecule has 2 aliphatic rings. The number of hydrogen-bond acceptors (Lipinski definition) is 4. The Kier molecular flexibility index (Phi) is 3.31. The van der Waals surface area contributed by atoms with Crippen LogP contribution in [0.4, 0.5) is 5.69 Å². The average molecular weight is 316 g/mol. The van der Waals surface area contributed by atoms with E-state index in [1.54, 1.807) is 10.9 Å². The van der Waals surface area contributed by atoms with E-state index in [-0.39, 0.29) is 5.91 Å². The number of carbonyl (C=O) groups excluding carboxylic acids is 1. The Morgan fingerprint density at radius 1 is 1.36 bits per heavy atom. The maximum atomic E-state index is 12.5. The van der Waals surface area contributed by atoms with Gasteiger partial charge in [-0.05, 0) is 25.5 Å². The summed E-state index contributed by atoms with van der Waals surface area (Å²) in [5.74, 6) is 0.232. The van der Waals surface area contributed by atoms with Crippen molar-refractivity contribution in [2.75, 3.05) is 11.4 Å². The van der Waals surface area contributed by atoms with Gasteiger partial charge in [-0.3, -0.25) is 14.4 Å². The molecule has 0 bridgehead atoms. The molecule has 0 aliphatic carbocycles. The highest BCUT2D eigenvalue weighted by molar-refractivity contribution is 7.11. The number of anilines is 1. The minimum Gasteiger partial charge on any atom is -0.305 e. The second-order valence-electron chi connectivity index (χ2n) is 6.25. The summed E-state index contributed by atoms with van der Waals surface area (Å²) in [6.45, 7) is 4.17. The Bertz CT molecular complexity index is 707. The first-order valence-electron chi connectivity index (χ1n) is 7.72. The molecule has 2 aliphatic heterocycles. The van der Waals surface area contributed by atoms with E-state index in [1.807, 2.05) is 29.5 Å². The highest BCUT2D eigenvalue weighted by Crippen LogP contribution is 2.36. The molecule has 5 nitrogen and oxygen atoms in total. The minimum atomic E-state index is 0.232. The van der Waals surface area contributed by atoms with Crippen molar-refractivity contribution in [3.63, 3.8) is 0 Å². The molecule has 2 atom stereocenters. The summed E-state index contributed by atoms with van der Waals surface area (Å²) in [7, 11) is 1.89. The second kappa shape index (κ2) is 5.21. The number of likely N-dealkylation sites (tertiary alicyclic amines) is 1. The zero-order valence-corrected chi connectivity index (χ0v) is 13.7. The van der Waals surface area contributed by atoms with Gasteiger partial charge >= 0.3 is 0 Å². The van der Waals surface area contributed by atoms with Gasteiger partial charge in [-0.15, -0.1) is 11.3 Å². The Labute approximate surface area is 134 Å². The van der Waals surface area contributed by atoms with Crippen LogP contribution < -0.4 is 4.90 Å². The molecule has 2 aromatic rings. The third kappa shape index (κ3) is 2.27. The maximum Gasteiger partial charge on any atom is 0.229 e. The highest BCUT2D eigenvalue weighted by Gasteiger charge is 2.47. The number of thiophene rings is 1. The monoisotopic (exact) mass is 316 g/mol. The predicted octanol–water partition coefficient (Wildman–Crippen LogP) is 2.17. The molecule has 6 heteroatoms. The maximum absolute atomic E-state index is 12.5. The van der Waals surface area contributed by atoms with Gasteiger partial charge in [0.25, 0.3) is 0 Å². The van der Waals surface area contributed by atoms with E-state index in [0.29, 0.717) is 18.5 Å². The van der Waals surface area contributed by atoms with Crippen LogP contribution >= 0.6 is 11.3 Å². The van der Waals surface area contributed by atoms with Crippen molar-refractivity contribution in [1.29, 1.82) is 0 Å². The van der Waals surface area contributed by atoms with Gasteiger partial charge in [0.15, 0.2) is 0 Å². The van der Waals surface area contributed by atoms with E-state index >= 15 is 0 Å². The van der Waals surface area contributed by atoms with Crippen molar-refractivity contribution < 1.29 is 4.79 Å². The number of aryl methyl sites for hydroxylation is 2. The van der Waals surface area contributed by atoms with Gasteiger partial charge in [-0.1, -0.05) is 0 Å². The fraction of sp³-hybridized carbons (Fsp3) is 0.500. The van der Waals surface area contributed by atoms with Crippen LogP contribution in [0.3, 0.4) is 0 Å². The standard InChI is InChI=1S/C16H20N4OS/c1-11-3-4-13(22-11)10-19-6-5-14-15(19)7-16(21)20(14)12-8-17-18(2)9-12/h3-4,8-9,14-15H,5-7,10H2,1-2H3/t14-,15+/m0/s1. The zero-order valence-electron chi connectivity index (χ0n) is 12.9. The molecule has 0 N–H and O–H groups in total. The largest absolute Gasteiger partial charge is 0.305 e. The van der Waals surface area contributed by atoms with E-state index in [0.717, 1.165) is 25.2 Å². The van der Waals surface area contributed by atoms with Crippen LogP contribution in [0, 0.1) is 6.92 Å². The van der Waals surface area contributed by atoms with Crippen molar-refractivity contribution in [1.82, 2.24) is 14.7 Å². The lowest BCUT2D eigenvalue weighted by Gasteiger charge is -2.24. The number of nitrogens with zero attached hydrogens (tertiary/aromatic N) is 4. The zero-order chi connectivity index (χ0) is 15.3. The van der Waals surface area contributed by atoms with Crippen LogP contribution in [-0.2, 0) is 18.4 Å². The molecule has 0 spiro atoms. The highest BCUT2D eigenvalue weighted by atomic mass is 32.1. The topological polar surface area (TPSA) is 41.4 Å². The number of aromatic nitrogens is 2. The summed E-state index contributed by atoms with van der Waals surface area (Å²) in [5.41, 5.74) is 0.939. The molecule has 2 aromatic heterocycles. The summed E-state index contributed by atoms with van der Waals surface area (Å²) in [6, 6.07) is 5.03. The summed E-state index contributed by atoms with van der Waals surface area (Å²) >= 11 is 1.86. The molecular formula is C16H20N4OS. The second-order valence-corrected chi connectivity index (χ2v) is 7.62. The molecule has 22 heavy (non-hydrogen) atoms. The molecule has 0 saturated carbocycles. The lowest BCUT2D eigenvalue weighted by atomic mass is 10.1. The summed E-state index contributed by atoms with van der Waals surface area (Å²) in [5, 5.41) is 4.21. The van der Waals surface area contributed by atoms with Crippen LogP contribution in [-0.4, -0.2) is 39.2 Å². The van der Waals surface area contributed by atoms with Gasteiger partial charge in [-0.25, -0.2) is 0 Å². The van der Waals surface area contributed by atoms with E-state index in [4.69, 9.17) is 0 Å². The van der Waals surface area contributed by atoms with Gasteiger partial charge in [0.05, 0.1) is 17.9 Å². The molecule has 2 fully saturated rings. The van der Waals surface area contributed by atoms with Crippen LogP contribution in [0.1, 0.15) is 22.6 Å². The predicted molar refractivity (Wildman–Crippen MR) is 87.0 cm³/mol. The van der Waals surface area contributed by atoms with Crippen molar-refractivity contribution in [3.8, 4) is 0 Å². The first-order chi connectivity index (χ1) is 10.6. The van der Waals surface area contributed by atoms with Crippen LogP contribution in [0.2, 0.25) is 0 Å². The molecule has 0 radical (unpaired) electrons. The van der Waals surface area contributed by atoms with Crippen LogP contribution in [0.25, 0.3) is 0 Å². The fourth-order valence-corrected chi connectivity index (χ4v) is 4.68. The summed E-state index contributed by atoms with van der Waals surface area (Å²) in [6.07, 6.45) is 5.41. The third-order valence-corrected chi connectivity index (χ3v) is 5.72. The molecular weight excluding hydrogens is 296 g/mol. The molecule has 2 saturated heterocycles. The molecule has 0 aromatic carbocycles. The van der Waals surface area contributed by atoms with Gasteiger partial charge in [0.1, 0.15) is 0 Å². The Morgan fingerprint density at radius 3 is 2.91 bits per heavy atom. The number of amides is 1. The molecule has 4 heterocycles. The first-order valence-corrected chi connectivity index (χ1v) is 8.53.